The Hall–Kier alpha value is -0.370. The average molecular weight is 356 g/mol. The lowest BCUT2D eigenvalue weighted by Crippen LogP contribution is -2.31. The summed E-state index contributed by atoms with van der Waals surface area (Å²) in [6, 6.07) is -0.558. The van der Waals surface area contributed by atoms with E-state index in [1.807, 2.05) is 13.8 Å². The van der Waals surface area contributed by atoms with Gasteiger partial charge in [0.1, 0.15) is 6.04 Å². The average Bonchev–Trinajstić information content (AvgIpc) is 2.35. The van der Waals surface area contributed by atoms with Crippen LogP contribution in [0.15, 0.2) is 0 Å². The molecule has 0 aromatic heterocycles. The molecule has 0 aromatic rings. The normalized spacial score (nSPS) is 13.9. The van der Waals surface area contributed by atoms with Gasteiger partial charge in [-0.2, -0.15) is 0 Å². The zero-order chi connectivity index (χ0) is 13.3. The van der Waals surface area contributed by atoms with E-state index in [1.165, 1.54) is 23.0 Å². The summed E-state index contributed by atoms with van der Waals surface area (Å²) >= 11 is 1.53. The number of amides is 1. The van der Waals surface area contributed by atoms with Crippen LogP contribution in [0.4, 0.5) is 0 Å². The van der Waals surface area contributed by atoms with Crippen LogP contribution in [0.2, 0.25) is 0 Å². The number of carbonyl (C=O) groups excluding carboxylic acids is 2. The monoisotopic (exact) mass is 356 g/mol. The molecule has 0 saturated heterocycles. The molecule has 3 N–H and O–H groups in total. The summed E-state index contributed by atoms with van der Waals surface area (Å²) in [5.41, 5.74) is 5.57. The van der Waals surface area contributed by atoms with Crippen LogP contribution < -0.4 is 11.1 Å². The maximum absolute atomic E-state index is 11.4. The summed E-state index contributed by atoms with van der Waals surface area (Å²) in [6.07, 6.45) is 3.05. The number of nitrogens with one attached hydrogen (secondary N) is 1. The summed E-state index contributed by atoms with van der Waals surface area (Å²) in [5, 5.41) is 2.85. The third-order valence-electron chi connectivity index (χ3n) is 2.68. The summed E-state index contributed by atoms with van der Waals surface area (Å²) in [7, 11) is 0. The topological polar surface area (TPSA) is 81.4 Å². The van der Waals surface area contributed by atoms with Gasteiger partial charge in [-0.05, 0) is 25.7 Å². The van der Waals surface area contributed by atoms with Gasteiger partial charge in [-0.3, -0.25) is 4.79 Å². The van der Waals surface area contributed by atoms with Crippen LogP contribution in [0.25, 0.3) is 0 Å². The number of hydrogen-bond acceptors (Lipinski definition) is 4. The Balaban J connectivity index is 3.53. The fourth-order valence-corrected chi connectivity index (χ4v) is 1.56. The molecule has 17 heavy (non-hydrogen) atoms. The predicted octanol–water partition coefficient (Wildman–Crippen LogP) is 1.54. The van der Waals surface area contributed by atoms with Crippen molar-refractivity contribution in [1.82, 2.24) is 5.32 Å². The van der Waals surface area contributed by atoms with Crippen molar-refractivity contribution in [3.05, 3.63) is 0 Å². The highest BCUT2D eigenvalue weighted by atomic mass is 127. The Morgan fingerprint density at radius 2 is 2.06 bits per heavy atom. The first-order chi connectivity index (χ1) is 8.02. The molecule has 6 heteroatoms. The second kappa shape index (κ2) is 9.64. The van der Waals surface area contributed by atoms with Gasteiger partial charge >= 0.3 is 5.97 Å². The van der Waals surface area contributed by atoms with Crippen molar-refractivity contribution in [3.63, 3.8) is 0 Å². The molecule has 2 atom stereocenters. The first-order valence-electron chi connectivity index (χ1n) is 5.88. The molecular formula is C11H21IN2O3. The number of hydrogen-bond donors (Lipinski definition) is 2. The fraction of sp³-hybridized carbons (Fsp3) is 0.818. The van der Waals surface area contributed by atoms with Gasteiger partial charge in [0, 0.05) is 12.5 Å². The Labute approximate surface area is 117 Å². The van der Waals surface area contributed by atoms with Crippen LogP contribution in [0.5, 0.6) is 0 Å². The molecule has 0 bridgehead atoms. The number of nitrogens with two attached hydrogens (primary N) is 1. The Bertz CT molecular complexity index is 249. The second-order valence-electron chi connectivity index (χ2n) is 4.10. The minimum absolute atomic E-state index is 0.0613. The molecule has 100 valence electrons. The number of carbonyl (C=O) groups is 2. The lowest BCUT2D eigenvalue weighted by Gasteiger charge is -2.10. The van der Waals surface area contributed by atoms with Gasteiger partial charge in [-0.15, -0.1) is 0 Å². The van der Waals surface area contributed by atoms with E-state index >= 15 is 0 Å². The van der Waals surface area contributed by atoms with E-state index in [-0.39, 0.29) is 11.8 Å². The summed E-state index contributed by atoms with van der Waals surface area (Å²) in [6.45, 7) is 4.52. The van der Waals surface area contributed by atoms with Crippen molar-refractivity contribution in [3.8, 4) is 0 Å². The molecule has 5 nitrogen and oxygen atoms in total. The molecule has 0 saturated carbocycles. The zero-order valence-corrected chi connectivity index (χ0v) is 12.5. The molecule has 0 aromatic carbocycles. The lowest BCUT2D eigenvalue weighted by atomic mass is 10.1. The van der Waals surface area contributed by atoms with Crippen LogP contribution in [0.1, 0.15) is 39.5 Å². The van der Waals surface area contributed by atoms with E-state index < -0.39 is 12.0 Å². The third kappa shape index (κ3) is 7.54. The van der Waals surface area contributed by atoms with E-state index in [9.17, 15) is 9.59 Å². The van der Waals surface area contributed by atoms with Crippen LogP contribution in [-0.4, -0.2) is 24.5 Å². The molecule has 0 aliphatic carbocycles. The Kier molecular flexibility index (Phi) is 9.43. The highest BCUT2D eigenvalue weighted by molar-refractivity contribution is 14.1. The highest BCUT2D eigenvalue weighted by Gasteiger charge is 2.13. The van der Waals surface area contributed by atoms with Gasteiger partial charge in [-0.25, -0.2) is 4.79 Å². The Morgan fingerprint density at radius 1 is 1.41 bits per heavy atom. The molecule has 0 radical (unpaired) electrons. The maximum Gasteiger partial charge on any atom is 0.332 e. The molecule has 2 unspecified atom stereocenters. The van der Waals surface area contributed by atoms with Gasteiger partial charge < -0.3 is 14.1 Å². The summed E-state index contributed by atoms with van der Waals surface area (Å²) in [4.78, 5) is 22.4. The summed E-state index contributed by atoms with van der Waals surface area (Å²) < 4.78 is 4.49. The standard InChI is InChI=1S/C11H21IN2O3/c1-3-8(2)10(15)14-7-5-4-6-9(13)11(16)17-12/h8-9H,3-7,13H2,1-2H3,(H,14,15). The van der Waals surface area contributed by atoms with E-state index in [2.05, 4.69) is 8.38 Å². The Morgan fingerprint density at radius 3 is 2.59 bits per heavy atom. The van der Waals surface area contributed by atoms with Gasteiger partial charge in [0.2, 0.25) is 5.91 Å². The van der Waals surface area contributed by atoms with Gasteiger partial charge in [0.05, 0.1) is 0 Å². The minimum Gasteiger partial charge on any atom is -0.393 e. The predicted molar refractivity (Wildman–Crippen MR) is 74.4 cm³/mol. The molecule has 0 aliphatic heterocycles. The van der Waals surface area contributed by atoms with Crippen molar-refractivity contribution in [1.29, 1.82) is 0 Å². The molecule has 0 spiro atoms. The van der Waals surface area contributed by atoms with E-state index in [0.717, 1.165) is 19.3 Å². The number of halogens is 1. The van der Waals surface area contributed by atoms with Gasteiger partial charge in [0.25, 0.3) is 0 Å². The van der Waals surface area contributed by atoms with Gasteiger partial charge in [-0.1, -0.05) is 13.8 Å². The molecule has 0 heterocycles. The fourth-order valence-electron chi connectivity index (χ4n) is 1.24. The zero-order valence-electron chi connectivity index (χ0n) is 10.4. The van der Waals surface area contributed by atoms with E-state index in [4.69, 9.17) is 5.73 Å². The number of unbranched alkanes of at least 4 members (excludes halogenated alkanes) is 1. The van der Waals surface area contributed by atoms with Crippen molar-refractivity contribution in [2.75, 3.05) is 6.54 Å². The summed E-state index contributed by atoms with van der Waals surface area (Å²) in [5.74, 6) is -0.246. The highest BCUT2D eigenvalue weighted by Crippen LogP contribution is 2.03. The van der Waals surface area contributed by atoms with Gasteiger partial charge in [0.15, 0.2) is 23.0 Å². The number of rotatable bonds is 8. The minimum atomic E-state index is -0.558. The van der Waals surface area contributed by atoms with Crippen molar-refractivity contribution >= 4 is 34.9 Å². The maximum atomic E-state index is 11.4. The quantitative estimate of drug-likeness (QED) is 0.511. The van der Waals surface area contributed by atoms with E-state index in [0.29, 0.717) is 13.0 Å². The SMILES string of the molecule is CCC(C)C(=O)NCCCCC(N)C(=O)OI. The first kappa shape index (κ1) is 16.6. The van der Waals surface area contributed by atoms with Crippen molar-refractivity contribution in [2.45, 2.75) is 45.6 Å². The van der Waals surface area contributed by atoms with Crippen LogP contribution >= 0.6 is 23.0 Å². The second-order valence-corrected chi connectivity index (χ2v) is 4.54. The third-order valence-corrected chi connectivity index (χ3v) is 3.11. The largest absolute Gasteiger partial charge is 0.393 e. The first-order valence-corrected chi connectivity index (χ1v) is 6.76. The smallest absolute Gasteiger partial charge is 0.332 e. The van der Waals surface area contributed by atoms with Crippen LogP contribution in [-0.2, 0) is 12.7 Å². The molecule has 0 rings (SSSR count). The molecular weight excluding hydrogens is 335 g/mol. The van der Waals surface area contributed by atoms with Crippen LogP contribution in [0, 0.1) is 5.92 Å². The van der Waals surface area contributed by atoms with Crippen molar-refractivity contribution in [2.24, 2.45) is 11.7 Å². The lowest BCUT2D eigenvalue weighted by molar-refractivity contribution is -0.133. The van der Waals surface area contributed by atoms with Crippen LogP contribution in [0.3, 0.4) is 0 Å². The van der Waals surface area contributed by atoms with E-state index in [1.54, 1.807) is 0 Å². The molecule has 0 aliphatic rings. The molecule has 0 fully saturated rings. The van der Waals surface area contributed by atoms with Crippen molar-refractivity contribution < 1.29 is 12.7 Å². The molecule has 1 amide bonds.